The molecule has 0 fully saturated rings. The van der Waals surface area contributed by atoms with Gasteiger partial charge in [-0.15, -0.1) is 0 Å². The van der Waals surface area contributed by atoms with Crippen molar-refractivity contribution in [3.8, 4) is 0 Å². The zero-order chi connectivity index (χ0) is 12.9. The summed E-state index contributed by atoms with van der Waals surface area (Å²) < 4.78 is 27.0. The molecule has 0 unspecified atom stereocenters. The number of rotatable bonds is 7. The molecule has 1 rings (SSSR count). The molecule has 0 aliphatic heterocycles. The molecule has 1 atom stereocenters. The highest BCUT2D eigenvalue weighted by atomic mass is 32.2. The molecular formula is C10H19N3O3S. The van der Waals surface area contributed by atoms with Crippen molar-refractivity contribution in [2.45, 2.75) is 32.7 Å². The third kappa shape index (κ3) is 5.78. The van der Waals surface area contributed by atoms with Crippen LogP contribution in [0.3, 0.4) is 0 Å². The molecule has 1 aromatic rings. The molecule has 1 heterocycles. The van der Waals surface area contributed by atoms with E-state index in [-0.39, 0.29) is 11.8 Å². The summed E-state index contributed by atoms with van der Waals surface area (Å²) in [6.07, 6.45) is 2.60. The Balaban J connectivity index is 2.28. The van der Waals surface area contributed by atoms with Crippen LogP contribution in [0.2, 0.25) is 0 Å². The van der Waals surface area contributed by atoms with E-state index in [1.165, 1.54) is 6.26 Å². The molecule has 1 aromatic heterocycles. The highest BCUT2D eigenvalue weighted by molar-refractivity contribution is 7.90. The highest BCUT2D eigenvalue weighted by Crippen LogP contribution is 1.98. The summed E-state index contributed by atoms with van der Waals surface area (Å²) in [5, 5.41) is 6.93. The van der Waals surface area contributed by atoms with Crippen LogP contribution in [0, 0.1) is 0 Å². The summed E-state index contributed by atoms with van der Waals surface area (Å²) in [7, 11) is -2.93. The quantitative estimate of drug-likeness (QED) is 0.754. The topological polar surface area (TPSA) is 85.1 Å². The van der Waals surface area contributed by atoms with Gasteiger partial charge in [-0.3, -0.25) is 0 Å². The Kier molecular flexibility index (Phi) is 5.07. The zero-order valence-electron chi connectivity index (χ0n) is 10.4. The van der Waals surface area contributed by atoms with Crippen molar-refractivity contribution in [2.75, 3.05) is 18.6 Å². The van der Waals surface area contributed by atoms with E-state index in [0.29, 0.717) is 24.7 Å². The smallest absolute Gasteiger partial charge is 0.226 e. The maximum atomic E-state index is 11.0. The molecular weight excluding hydrogens is 242 g/mol. The first kappa shape index (κ1) is 14.1. The van der Waals surface area contributed by atoms with E-state index in [0.717, 1.165) is 6.42 Å². The van der Waals surface area contributed by atoms with E-state index in [1.54, 1.807) is 0 Å². The Morgan fingerprint density at radius 1 is 1.47 bits per heavy atom. The summed E-state index contributed by atoms with van der Waals surface area (Å²) in [5.41, 5.74) is 0. The van der Waals surface area contributed by atoms with Crippen LogP contribution in [-0.4, -0.2) is 43.2 Å². The van der Waals surface area contributed by atoms with E-state index in [9.17, 15) is 8.42 Å². The van der Waals surface area contributed by atoms with E-state index < -0.39 is 9.84 Å². The summed E-state index contributed by atoms with van der Waals surface area (Å²) in [5.74, 6) is 1.42. The molecule has 17 heavy (non-hydrogen) atoms. The van der Waals surface area contributed by atoms with E-state index in [2.05, 4.69) is 15.5 Å². The Labute approximate surface area is 102 Å². The third-order valence-corrected chi connectivity index (χ3v) is 3.31. The van der Waals surface area contributed by atoms with Gasteiger partial charge in [0.2, 0.25) is 5.89 Å². The van der Waals surface area contributed by atoms with Crippen molar-refractivity contribution in [3.63, 3.8) is 0 Å². The third-order valence-electron chi connectivity index (χ3n) is 2.21. The second-order valence-electron chi connectivity index (χ2n) is 4.16. The largest absolute Gasteiger partial charge is 0.339 e. The van der Waals surface area contributed by atoms with Gasteiger partial charge in [0.25, 0.3) is 0 Å². The molecule has 1 N–H and O–H groups in total. The predicted octanol–water partition coefficient (Wildman–Crippen LogP) is 0.197. The number of nitrogens with one attached hydrogen (secondary N) is 1. The molecule has 0 saturated heterocycles. The molecule has 0 radical (unpaired) electrons. The Hall–Kier alpha value is -0.950. The first-order chi connectivity index (χ1) is 7.90. The molecule has 0 aliphatic rings. The van der Waals surface area contributed by atoms with Crippen LogP contribution < -0.4 is 5.32 Å². The van der Waals surface area contributed by atoms with Gasteiger partial charge in [0.05, 0.1) is 5.75 Å². The summed E-state index contributed by atoms with van der Waals surface area (Å²) in [6.45, 7) is 4.43. The van der Waals surface area contributed by atoms with Crippen LogP contribution in [0.5, 0.6) is 0 Å². The van der Waals surface area contributed by atoms with Crippen molar-refractivity contribution in [3.05, 3.63) is 11.7 Å². The minimum atomic E-state index is -2.93. The van der Waals surface area contributed by atoms with Gasteiger partial charge >= 0.3 is 0 Å². The fraction of sp³-hybridized carbons (Fsp3) is 0.800. The van der Waals surface area contributed by atoms with Crippen molar-refractivity contribution >= 4 is 9.84 Å². The van der Waals surface area contributed by atoms with Crippen molar-refractivity contribution in [1.82, 2.24) is 15.5 Å². The lowest BCUT2D eigenvalue weighted by atomic mass is 10.3. The van der Waals surface area contributed by atoms with Gasteiger partial charge in [-0.1, -0.05) is 12.1 Å². The first-order valence-corrected chi connectivity index (χ1v) is 7.69. The SMILES string of the molecule is CCc1nc(CCN[C@H](C)CS(C)(=O)=O)no1. The van der Waals surface area contributed by atoms with Gasteiger partial charge in [-0.05, 0) is 6.92 Å². The van der Waals surface area contributed by atoms with Crippen LogP contribution in [0.1, 0.15) is 25.6 Å². The van der Waals surface area contributed by atoms with Crippen molar-refractivity contribution in [2.24, 2.45) is 0 Å². The van der Waals surface area contributed by atoms with Crippen LogP contribution in [0.4, 0.5) is 0 Å². The zero-order valence-corrected chi connectivity index (χ0v) is 11.2. The summed E-state index contributed by atoms with van der Waals surface area (Å²) in [6, 6.07) is -0.0671. The highest BCUT2D eigenvalue weighted by Gasteiger charge is 2.10. The van der Waals surface area contributed by atoms with E-state index >= 15 is 0 Å². The van der Waals surface area contributed by atoms with E-state index in [1.807, 2.05) is 13.8 Å². The van der Waals surface area contributed by atoms with Crippen molar-refractivity contribution < 1.29 is 12.9 Å². The van der Waals surface area contributed by atoms with Gasteiger partial charge in [-0.2, -0.15) is 4.98 Å². The number of aromatic nitrogens is 2. The fourth-order valence-electron chi connectivity index (χ4n) is 1.48. The molecule has 7 heteroatoms. The number of sulfone groups is 1. The number of aryl methyl sites for hydroxylation is 1. The van der Waals surface area contributed by atoms with E-state index in [4.69, 9.17) is 4.52 Å². The second kappa shape index (κ2) is 6.11. The maximum absolute atomic E-state index is 11.0. The van der Waals surface area contributed by atoms with Gasteiger partial charge in [-0.25, -0.2) is 8.42 Å². The second-order valence-corrected chi connectivity index (χ2v) is 6.34. The standard InChI is InChI=1S/C10H19N3O3S/c1-4-10-12-9(13-16-10)5-6-11-8(2)7-17(3,14)15/h8,11H,4-7H2,1-3H3/t8-/m1/s1. The van der Waals surface area contributed by atoms with Crippen LogP contribution in [0.15, 0.2) is 4.52 Å². The van der Waals surface area contributed by atoms with Gasteiger partial charge in [0.1, 0.15) is 9.84 Å². The Morgan fingerprint density at radius 2 is 2.18 bits per heavy atom. The fourth-order valence-corrected chi connectivity index (χ4v) is 2.50. The minimum absolute atomic E-state index is 0.0671. The maximum Gasteiger partial charge on any atom is 0.226 e. The lowest BCUT2D eigenvalue weighted by Gasteiger charge is -2.11. The van der Waals surface area contributed by atoms with Gasteiger partial charge in [0.15, 0.2) is 5.82 Å². The Bertz CT molecular complexity index is 441. The molecule has 0 aliphatic carbocycles. The van der Waals surface area contributed by atoms with Crippen LogP contribution >= 0.6 is 0 Å². The number of hydrogen-bond acceptors (Lipinski definition) is 6. The lowest BCUT2D eigenvalue weighted by molar-refractivity contribution is 0.376. The average Bonchev–Trinajstić information content (AvgIpc) is 2.63. The summed E-state index contributed by atoms with van der Waals surface area (Å²) >= 11 is 0. The minimum Gasteiger partial charge on any atom is -0.339 e. The molecule has 0 spiro atoms. The molecule has 0 bridgehead atoms. The Morgan fingerprint density at radius 3 is 2.71 bits per heavy atom. The number of nitrogens with zero attached hydrogens (tertiary/aromatic N) is 2. The van der Waals surface area contributed by atoms with Crippen molar-refractivity contribution in [1.29, 1.82) is 0 Å². The monoisotopic (exact) mass is 261 g/mol. The van der Waals surface area contributed by atoms with Gasteiger partial charge in [0, 0.05) is 31.7 Å². The van der Waals surface area contributed by atoms with Crippen LogP contribution in [-0.2, 0) is 22.7 Å². The van der Waals surface area contributed by atoms with Crippen LogP contribution in [0.25, 0.3) is 0 Å². The average molecular weight is 261 g/mol. The first-order valence-electron chi connectivity index (χ1n) is 5.63. The molecule has 0 saturated carbocycles. The molecule has 0 aromatic carbocycles. The summed E-state index contributed by atoms with van der Waals surface area (Å²) in [4.78, 5) is 4.16. The number of hydrogen-bond donors (Lipinski definition) is 1. The normalized spacial score (nSPS) is 13.8. The predicted molar refractivity (Wildman–Crippen MR) is 64.6 cm³/mol. The molecule has 6 nitrogen and oxygen atoms in total. The molecule has 0 amide bonds. The lowest BCUT2D eigenvalue weighted by Crippen LogP contribution is -2.34. The molecule has 98 valence electrons. The van der Waals surface area contributed by atoms with Gasteiger partial charge < -0.3 is 9.84 Å².